The Bertz CT molecular complexity index is 816. The number of aliphatic imine (C=N–C) groups is 1. The lowest BCUT2D eigenvalue weighted by Gasteiger charge is -2.36. The first-order valence-electron chi connectivity index (χ1n) is 10.6. The molecule has 0 saturated carbocycles. The zero-order valence-corrected chi connectivity index (χ0v) is 19.2. The van der Waals surface area contributed by atoms with Gasteiger partial charge in [0.15, 0.2) is 5.96 Å². The molecule has 1 aliphatic rings. The van der Waals surface area contributed by atoms with E-state index in [0.29, 0.717) is 45.2 Å². The van der Waals surface area contributed by atoms with Gasteiger partial charge in [-0.15, -0.1) is 0 Å². The summed E-state index contributed by atoms with van der Waals surface area (Å²) in [4.78, 5) is 44.8. The van der Waals surface area contributed by atoms with Gasteiger partial charge in [-0.25, -0.2) is 4.99 Å². The molecule has 0 unspecified atom stereocenters. The van der Waals surface area contributed by atoms with Crippen molar-refractivity contribution in [3.05, 3.63) is 39.9 Å². The predicted octanol–water partition coefficient (Wildman–Crippen LogP) is 0.271. The molecular formula is C21H33N7O4. The minimum atomic E-state index is -0.437. The normalized spacial score (nSPS) is 14.9. The summed E-state index contributed by atoms with van der Waals surface area (Å²) in [5.74, 6) is 0.539. The van der Waals surface area contributed by atoms with Crippen molar-refractivity contribution in [1.29, 1.82) is 0 Å². The number of nitro benzene ring substituents is 1. The van der Waals surface area contributed by atoms with E-state index >= 15 is 0 Å². The van der Waals surface area contributed by atoms with E-state index in [0.717, 1.165) is 5.56 Å². The number of nitrogens with zero attached hydrogens (tertiary/aromatic N) is 5. The van der Waals surface area contributed by atoms with Gasteiger partial charge in [-0.1, -0.05) is 12.1 Å². The van der Waals surface area contributed by atoms with Gasteiger partial charge in [0.05, 0.1) is 24.6 Å². The number of guanidine groups is 1. The fourth-order valence-corrected chi connectivity index (χ4v) is 3.16. The highest BCUT2D eigenvalue weighted by Gasteiger charge is 2.22. The van der Waals surface area contributed by atoms with Gasteiger partial charge in [0, 0.05) is 58.4 Å². The van der Waals surface area contributed by atoms with Crippen molar-refractivity contribution in [2.45, 2.75) is 26.4 Å². The molecule has 2 amide bonds. The molecule has 176 valence electrons. The Kier molecular flexibility index (Phi) is 9.39. The van der Waals surface area contributed by atoms with Crippen LogP contribution in [0.4, 0.5) is 5.69 Å². The lowest BCUT2D eigenvalue weighted by atomic mass is 10.2. The molecule has 1 saturated heterocycles. The molecule has 0 radical (unpaired) electrons. The molecule has 1 aromatic carbocycles. The van der Waals surface area contributed by atoms with Crippen molar-refractivity contribution in [2.75, 3.05) is 53.4 Å². The molecule has 1 aromatic rings. The van der Waals surface area contributed by atoms with Crippen molar-refractivity contribution in [3.63, 3.8) is 0 Å². The van der Waals surface area contributed by atoms with Crippen LogP contribution >= 0.6 is 0 Å². The molecule has 0 aliphatic carbocycles. The second-order valence-corrected chi connectivity index (χ2v) is 8.19. The van der Waals surface area contributed by atoms with Crippen molar-refractivity contribution in [1.82, 2.24) is 25.3 Å². The van der Waals surface area contributed by atoms with E-state index in [-0.39, 0.29) is 30.1 Å². The number of amides is 2. The summed E-state index contributed by atoms with van der Waals surface area (Å²) in [5.41, 5.74) is 0.864. The van der Waals surface area contributed by atoms with Crippen LogP contribution in [0, 0.1) is 10.1 Å². The van der Waals surface area contributed by atoms with Gasteiger partial charge < -0.3 is 20.4 Å². The summed E-state index contributed by atoms with van der Waals surface area (Å²) >= 11 is 0. The van der Waals surface area contributed by atoms with E-state index in [1.807, 2.05) is 13.8 Å². The Balaban J connectivity index is 2.01. The van der Waals surface area contributed by atoms with Gasteiger partial charge in [0.1, 0.15) is 0 Å². The molecule has 0 bridgehead atoms. The first kappa shape index (κ1) is 25.1. The average Bonchev–Trinajstić information content (AvgIpc) is 2.74. The summed E-state index contributed by atoms with van der Waals surface area (Å²) in [6.07, 6.45) is 0. The van der Waals surface area contributed by atoms with Gasteiger partial charge in [-0.3, -0.25) is 24.6 Å². The molecule has 0 spiro atoms. The maximum absolute atomic E-state index is 12.0. The number of benzene rings is 1. The third kappa shape index (κ3) is 8.14. The van der Waals surface area contributed by atoms with Crippen LogP contribution < -0.4 is 10.6 Å². The third-order valence-electron chi connectivity index (χ3n) is 4.94. The second kappa shape index (κ2) is 12.0. The summed E-state index contributed by atoms with van der Waals surface area (Å²) in [5, 5.41) is 16.9. The van der Waals surface area contributed by atoms with Gasteiger partial charge >= 0.3 is 0 Å². The predicted molar refractivity (Wildman–Crippen MR) is 122 cm³/mol. The number of nitro groups is 1. The van der Waals surface area contributed by atoms with Crippen molar-refractivity contribution in [3.8, 4) is 0 Å². The minimum absolute atomic E-state index is 0.00946. The molecule has 11 heteroatoms. The number of piperazine rings is 1. The number of rotatable bonds is 8. The lowest BCUT2D eigenvalue weighted by molar-refractivity contribution is -0.384. The van der Waals surface area contributed by atoms with Gasteiger partial charge in [0.2, 0.25) is 11.8 Å². The molecule has 11 nitrogen and oxygen atoms in total. The second-order valence-electron chi connectivity index (χ2n) is 8.19. The molecule has 1 fully saturated rings. The smallest absolute Gasteiger partial charge is 0.269 e. The maximum atomic E-state index is 12.0. The molecular weight excluding hydrogens is 414 g/mol. The number of nitrogens with one attached hydrogen (secondary N) is 2. The van der Waals surface area contributed by atoms with Crippen LogP contribution in [-0.4, -0.2) is 96.8 Å². The number of non-ortho nitro benzene ring substituents is 1. The van der Waals surface area contributed by atoms with Crippen molar-refractivity contribution in [2.24, 2.45) is 4.99 Å². The van der Waals surface area contributed by atoms with E-state index < -0.39 is 4.92 Å². The standard InChI is InChI=1S/C21H33N7O4/c1-16(2)24-19(29)15-26-9-11-27(12-10-26)21(23-14-20(30)25(3)4)22-13-17-5-7-18(8-6-17)28(31)32/h5-8,16H,9-15H2,1-4H3,(H,22,23)(H,24,29). The minimum Gasteiger partial charge on any atom is -0.353 e. The zero-order chi connectivity index (χ0) is 23.7. The number of hydrogen-bond acceptors (Lipinski definition) is 6. The van der Waals surface area contributed by atoms with Crippen molar-refractivity contribution >= 4 is 23.5 Å². The van der Waals surface area contributed by atoms with Crippen LogP contribution in [0.15, 0.2) is 29.3 Å². The molecule has 2 rings (SSSR count). The lowest BCUT2D eigenvalue weighted by Crippen LogP contribution is -2.55. The van der Waals surface area contributed by atoms with Crippen LogP contribution in [-0.2, 0) is 16.1 Å². The number of likely N-dealkylation sites (N-methyl/N-ethyl adjacent to an activating group) is 1. The van der Waals surface area contributed by atoms with E-state index in [4.69, 9.17) is 0 Å². The van der Waals surface area contributed by atoms with Crippen LogP contribution in [0.25, 0.3) is 0 Å². The van der Waals surface area contributed by atoms with Crippen LogP contribution in [0.5, 0.6) is 0 Å². The van der Waals surface area contributed by atoms with Crippen LogP contribution in [0.1, 0.15) is 19.4 Å². The summed E-state index contributed by atoms with van der Waals surface area (Å²) in [6, 6.07) is 6.37. The largest absolute Gasteiger partial charge is 0.353 e. The summed E-state index contributed by atoms with van der Waals surface area (Å²) < 4.78 is 0. The molecule has 1 heterocycles. The highest BCUT2D eigenvalue weighted by atomic mass is 16.6. The highest BCUT2D eigenvalue weighted by molar-refractivity contribution is 5.86. The molecule has 32 heavy (non-hydrogen) atoms. The molecule has 1 aliphatic heterocycles. The topological polar surface area (TPSA) is 123 Å². The first-order valence-corrected chi connectivity index (χ1v) is 10.6. The highest BCUT2D eigenvalue weighted by Crippen LogP contribution is 2.13. The Morgan fingerprint density at radius 2 is 1.78 bits per heavy atom. The Labute approximate surface area is 188 Å². The van der Waals surface area contributed by atoms with E-state index in [2.05, 4.69) is 25.4 Å². The Morgan fingerprint density at radius 3 is 2.31 bits per heavy atom. The molecule has 0 aromatic heterocycles. The SMILES string of the molecule is CC(C)NC(=O)CN1CCN(C(=NCc2ccc([N+](=O)[O-])cc2)NCC(=O)N(C)C)CC1. The summed E-state index contributed by atoms with van der Waals surface area (Å²) in [7, 11) is 3.39. The zero-order valence-electron chi connectivity index (χ0n) is 19.2. The quantitative estimate of drug-likeness (QED) is 0.254. The first-order chi connectivity index (χ1) is 15.2. The monoisotopic (exact) mass is 447 g/mol. The molecule has 2 N–H and O–H groups in total. The Morgan fingerprint density at radius 1 is 1.16 bits per heavy atom. The average molecular weight is 448 g/mol. The van der Waals surface area contributed by atoms with Crippen molar-refractivity contribution < 1.29 is 14.5 Å². The van der Waals surface area contributed by atoms with Crippen LogP contribution in [0.3, 0.4) is 0 Å². The van der Waals surface area contributed by atoms with Gasteiger partial charge in [-0.05, 0) is 19.4 Å². The van der Waals surface area contributed by atoms with E-state index in [1.54, 1.807) is 26.2 Å². The fraction of sp³-hybridized carbons (Fsp3) is 0.571. The fourth-order valence-electron chi connectivity index (χ4n) is 3.16. The van der Waals surface area contributed by atoms with Crippen LogP contribution in [0.2, 0.25) is 0 Å². The maximum Gasteiger partial charge on any atom is 0.269 e. The number of carbonyl (C=O) groups excluding carboxylic acids is 2. The van der Waals surface area contributed by atoms with E-state index in [1.165, 1.54) is 17.0 Å². The summed E-state index contributed by atoms with van der Waals surface area (Å²) in [6.45, 7) is 7.39. The van der Waals surface area contributed by atoms with Gasteiger partial charge in [-0.2, -0.15) is 0 Å². The third-order valence-corrected chi connectivity index (χ3v) is 4.94. The molecule has 0 atom stereocenters. The Hall–Kier alpha value is -3.21. The van der Waals surface area contributed by atoms with E-state index in [9.17, 15) is 19.7 Å². The number of carbonyl (C=O) groups is 2. The van der Waals surface area contributed by atoms with Gasteiger partial charge in [0.25, 0.3) is 5.69 Å². The number of hydrogen-bond donors (Lipinski definition) is 2.